The minimum absolute atomic E-state index is 0.722. The highest BCUT2D eigenvalue weighted by molar-refractivity contribution is 5.62. The van der Waals surface area contributed by atoms with Crippen molar-refractivity contribution >= 4 is 11.9 Å². The second kappa shape index (κ2) is 7.31. The molecular weight excluding hydrogens is 316 g/mol. The molecule has 0 aromatic carbocycles. The van der Waals surface area contributed by atoms with E-state index in [0.717, 1.165) is 68.2 Å². The van der Waals surface area contributed by atoms with E-state index in [-0.39, 0.29) is 0 Å². The first kappa shape index (κ1) is 16.2. The summed E-state index contributed by atoms with van der Waals surface area (Å²) in [6.07, 6.45) is 7.46. The van der Waals surface area contributed by atoms with Gasteiger partial charge < -0.3 is 14.5 Å². The molecule has 0 unspecified atom stereocenters. The molecule has 0 radical (unpaired) electrons. The fourth-order valence-electron chi connectivity index (χ4n) is 3.37. The fourth-order valence-corrected chi connectivity index (χ4v) is 3.37. The molecule has 0 saturated carbocycles. The van der Waals surface area contributed by atoms with Crippen LogP contribution in [0.1, 0.15) is 25.0 Å². The molecule has 7 nitrogen and oxygen atoms in total. The van der Waals surface area contributed by atoms with Gasteiger partial charge in [0.2, 0.25) is 11.9 Å². The first-order chi connectivity index (χ1) is 12.3. The molecule has 0 N–H and O–H groups in total. The van der Waals surface area contributed by atoms with Gasteiger partial charge in [0.25, 0.3) is 0 Å². The van der Waals surface area contributed by atoms with E-state index in [9.17, 15) is 0 Å². The van der Waals surface area contributed by atoms with Crippen molar-refractivity contribution in [2.24, 2.45) is 0 Å². The molecule has 2 aliphatic heterocycles. The number of aryl methyl sites for hydroxylation is 1. The quantitative estimate of drug-likeness (QED) is 0.847. The van der Waals surface area contributed by atoms with Gasteiger partial charge in [-0.2, -0.15) is 0 Å². The summed E-state index contributed by atoms with van der Waals surface area (Å²) in [5, 5.41) is 0. The SMILES string of the molecule is Cc1nc(N2CCCCC2)ncc1-c1ccnc(N2CCOCC2)n1. The second-order valence-electron chi connectivity index (χ2n) is 6.56. The lowest BCUT2D eigenvalue weighted by Crippen LogP contribution is -2.37. The summed E-state index contributed by atoms with van der Waals surface area (Å²) >= 11 is 0. The lowest BCUT2D eigenvalue weighted by molar-refractivity contribution is 0.122. The maximum atomic E-state index is 5.40. The number of aromatic nitrogens is 4. The summed E-state index contributed by atoms with van der Waals surface area (Å²) in [4.78, 5) is 22.9. The van der Waals surface area contributed by atoms with Gasteiger partial charge in [-0.25, -0.2) is 19.9 Å². The molecule has 2 aliphatic rings. The van der Waals surface area contributed by atoms with Gasteiger partial charge in [0.15, 0.2) is 0 Å². The Labute approximate surface area is 148 Å². The molecule has 0 atom stereocenters. The van der Waals surface area contributed by atoms with Crippen LogP contribution >= 0.6 is 0 Å². The molecule has 7 heteroatoms. The van der Waals surface area contributed by atoms with Crippen LogP contribution in [0.4, 0.5) is 11.9 Å². The number of piperidine rings is 1. The Balaban J connectivity index is 1.58. The van der Waals surface area contributed by atoms with Crippen LogP contribution in [0.25, 0.3) is 11.3 Å². The average Bonchev–Trinajstić information content (AvgIpc) is 2.69. The lowest BCUT2D eigenvalue weighted by atomic mass is 10.1. The summed E-state index contributed by atoms with van der Waals surface area (Å²) in [5.74, 6) is 1.59. The van der Waals surface area contributed by atoms with Crippen molar-refractivity contribution in [2.75, 3.05) is 49.2 Å². The van der Waals surface area contributed by atoms with Gasteiger partial charge in [-0.05, 0) is 32.3 Å². The maximum absolute atomic E-state index is 5.40. The number of nitrogens with zero attached hydrogens (tertiary/aromatic N) is 6. The largest absolute Gasteiger partial charge is 0.378 e. The standard InChI is InChI=1S/C18H24N6O/c1-14-15(13-20-18(21-14)23-7-3-2-4-8-23)16-5-6-19-17(22-16)24-9-11-25-12-10-24/h5-6,13H,2-4,7-12H2,1H3. The normalized spacial score (nSPS) is 18.4. The van der Waals surface area contributed by atoms with Crippen LogP contribution < -0.4 is 9.80 Å². The van der Waals surface area contributed by atoms with Gasteiger partial charge in [0.1, 0.15) is 0 Å². The van der Waals surface area contributed by atoms with Crippen molar-refractivity contribution in [3.63, 3.8) is 0 Å². The number of morpholine rings is 1. The van der Waals surface area contributed by atoms with Crippen LogP contribution in [0.15, 0.2) is 18.5 Å². The molecule has 25 heavy (non-hydrogen) atoms. The van der Waals surface area contributed by atoms with Gasteiger partial charge in [-0.3, -0.25) is 0 Å². The summed E-state index contributed by atoms with van der Waals surface area (Å²) in [5.41, 5.74) is 2.80. The molecule has 2 fully saturated rings. The third kappa shape index (κ3) is 3.56. The van der Waals surface area contributed by atoms with Crippen molar-refractivity contribution in [1.82, 2.24) is 19.9 Å². The Hall–Kier alpha value is -2.28. The van der Waals surface area contributed by atoms with Gasteiger partial charge in [0.05, 0.1) is 24.6 Å². The van der Waals surface area contributed by atoms with Gasteiger partial charge >= 0.3 is 0 Å². The van der Waals surface area contributed by atoms with E-state index < -0.39 is 0 Å². The number of anilines is 2. The lowest BCUT2D eigenvalue weighted by Gasteiger charge is -2.27. The minimum atomic E-state index is 0.722. The molecule has 0 spiro atoms. The van der Waals surface area contributed by atoms with Crippen LogP contribution in [0.5, 0.6) is 0 Å². The van der Waals surface area contributed by atoms with E-state index in [1.165, 1.54) is 19.3 Å². The minimum Gasteiger partial charge on any atom is -0.378 e. The molecule has 0 amide bonds. The van der Waals surface area contributed by atoms with E-state index >= 15 is 0 Å². The zero-order chi connectivity index (χ0) is 17.1. The Morgan fingerprint density at radius 3 is 2.36 bits per heavy atom. The van der Waals surface area contributed by atoms with Crippen LogP contribution in [-0.4, -0.2) is 59.3 Å². The third-order valence-electron chi connectivity index (χ3n) is 4.82. The van der Waals surface area contributed by atoms with E-state index in [1.807, 2.05) is 25.4 Å². The Morgan fingerprint density at radius 1 is 0.880 bits per heavy atom. The molecule has 132 valence electrons. The van der Waals surface area contributed by atoms with Crippen molar-refractivity contribution < 1.29 is 4.74 Å². The fraction of sp³-hybridized carbons (Fsp3) is 0.556. The van der Waals surface area contributed by atoms with Gasteiger partial charge in [-0.15, -0.1) is 0 Å². The summed E-state index contributed by atoms with van der Waals surface area (Å²) in [6, 6.07) is 1.93. The monoisotopic (exact) mass is 340 g/mol. The topological polar surface area (TPSA) is 67.3 Å². The van der Waals surface area contributed by atoms with Crippen molar-refractivity contribution in [3.05, 3.63) is 24.2 Å². The number of hydrogen-bond donors (Lipinski definition) is 0. The first-order valence-electron chi connectivity index (χ1n) is 9.06. The molecule has 2 aromatic rings. The van der Waals surface area contributed by atoms with Crippen LogP contribution in [0.3, 0.4) is 0 Å². The van der Waals surface area contributed by atoms with Crippen LogP contribution in [-0.2, 0) is 4.74 Å². The second-order valence-corrected chi connectivity index (χ2v) is 6.56. The molecule has 2 saturated heterocycles. The van der Waals surface area contributed by atoms with E-state index in [1.54, 1.807) is 0 Å². The number of hydrogen-bond acceptors (Lipinski definition) is 7. The third-order valence-corrected chi connectivity index (χ3v) is 4.82. The molecule has 4 heterocycles. The smallest absolute Gasteiger partial charge is 0.226 e. The highest BCUT2D eigenvalue weighted by atomic mass is 16.5. The van der Waals surface area contributed by atoms with Gasteiger partial charge in [0, 0.05) is 44.1 Å². The summed E-state index contributed by atoms with van der Waals surface area (Å²) in [6.45, 7) is 7.22. The van der Waals surface area contributed by atoms with Crippen LogP contribution in [0.2, 0.25) is 0 Å². The molecular formula is C18H24N6O. The number of ether oxygens (including phenoxy) is 1. The predicted molar refractivity (Wildman–Crippen MR) is 96.9 cm³/mol. The molecule has 0 aliphatic carbocycles. The Morgan fingerprint density at radius 2 is 1.60 bits per heavy atom. The summed E-state index contributed by atoms with van der Waals surface area (Å²) < 4.78 is 5.40. The first-order valence-corrected chi connectivity index (χ1v) is 9.06. The van der Waals surface area contributed by atoms with Crippen molar-refractivity contribution in [3.8, 4) is 11.3 Å². The van der Waals surface area contributed by atoms with E-state index in [0.29, 0.717) is 0 Å². The Kier molecular flexibility index (Phi) is 4.74. The molecule has 2 aromatic heterocycles. The average molecular weight is 340 g/mol. The highest BCUT2D eigenvalue weighted by Gasteiger charge is 2.17. The zero-order valence-electron chi connectivity index (χ0n) is 14.7. The van der Waals surface area contributed by atoms with Crippen molar-refractivity contribution in [2.45, 2.75) is 26.2 Å². The predicted octanol–water partition coefficient (Wildman–Crippen LogP) is 2.07. The zero-order valence-corrected chi connectivity index (χ0v) is 14.7. The summed E-state index contributed by atoms with van der Waals surface area (Å²) in [7, 11) is 0. The highest BCUT2D eigenvalue weighted by Crippen LogP contribution is 2.24. The van der Waals surface area contributed by atoms with Crippen LogP contribution in [0, 0.1) is 6.92 Å². The number of rotatable bonds is 3. The van der Waals surface area contributed by atoms with E-state index in [2.05, 4.69) is 19.8 Å². The molecule has 4 rings (SSSR count). The Bertz CT molecular complexity index is 725. The maximum Gasteiger partial charge on any atom is 0.226 e. The molecule has 0 bridgehead atoms. The van der Waals surface area contributed by atoms with E-state index in [4.69, 9.17) is 14.7 Å². The van der Waals surface area contributed by atoms with Crippen molar-refractivity contribution in [1.29, 1.82) is 0 Å². The van der Waals surface area contributed by atoms with Gasteiger partial charge in [-0.1, -0.05) is 0 Å².